The standard InChI is InChI=1S/C31H27FN6O/c32-22-10-20(11-23(39)12-22)24-5-4-6-27-25(24)13-29(35-27)31-26-14-28(34-17-30(26)36-37-31)21-9-19(15-33-16-21)18-38-7-2-1-3-8-38/h4-6,9-17,35,39H,1-3,7-8,18H2,(H,36,37). The lowest BCUT2D eigenvalue weighted by atomic mass is 10.0. The number of aromatic hydroxyl groups is 1. The maximum absolute atomic E-state index is 14.0. The quantitative estimate of drug-likeness (QED) is 0.237. The average molecular weight is 519 g/mol. The van der Waals surface area contributed by atoms with Gasteiger partial charge in [0.05, 0.1) is 23.1 Å². The molecule has 6 aromatic rings. The molecule has 0 radical (unpaired) electrons. The lowest BCUT2D eigenvalue weighted by Gasteiger charge is -2.26. The highest BCUT2D eigenvalue weighted by molar-refractivity contribution is 6.01. The second kappa shape index (κ2) is 9.63. The van der Waals surface area contributed by atoms with Crippen molar-refractivity contribution in [1.82, 2.24) is 30.0 Å². The number of fused-ring (bicyclic) bond motifs is 2. The van der Waals surface area contributed by atoms with Gasteiger partial charge in [0, 0.05) is 46.9 Å². The van der Waals surface area contributed by atoms with Crippen LogP contribution in [-0.2, 0) is 6.54 Å². The molecule has 0 atom stereocenters. The number of likely N-dealkylation sites (tertiary alicyclic amines) is 1. The lowest BCUT2D eigenvalue weighted by Crippen LogP contribution is -2.29. The normalized spacial score (nSPS) is 14.4. The van der Waals surface area contributed by atoms with Crippen LogP contribution < -0.4 is 0 Å². The minimum atomic E-state index is -0.481. The van der Waals surface area contributed by atoms with Crippen molar-refractivity contribution in [1.29, 1.82) is 0 Å². The molecule has 0 amide bonds. The highest BCUT2D eigenvalue weighted by atomic mass is 19.1. The van der Waals surface area contributed by atoms with E-state index in [0.717, 1.165) is 75.7 Å². The molecule has 2 aromatic carbocycles. The maximum Gasteiger partial charge on any atom is 0.127 e. The predicted octanol–water partition coefficient (Wildman–Crippen LogP) is 6.67. The van der Waals surface area contributed by atoms with Gasteiger partial charge < -0.3 is 10.1 Å². The van der Waals surface area contributed by atoms with Crippen molar-refractivity contribution in [2.24, 2.45) is 0 Å². The van der Waals surface area contributed by atoms with Gasteiger partial charge in [-0.15, -0.1) is 0 Å². The number of hydrogen-bond donors (Lipinski definition) is 3. The molecule has 194 valence electrons. The van der Waals surface area contributed by atoms with Crippen LogP contribution >= 0.6 is 0 Å². The van der Waals surface area contributed by atoms with Crippen LogP contribution in [0.25, 0.3) is 55.6 Å². The number of halogens is 1. The summed E-state index contributed by atoms with van der Waals surface area (Å²) in [4.78, 5) is 15.2. The monoisotopic (exact) mass is 518 g/mol. The van der Waals surface area contributed by atoms with Gasteiger partial charge >= 0.3 is 0 Å². The zero-order valence-corrected chi connectivity index (χ0v) is 21.3. The number of aromatic nitrogens is 5. The summed E-state index contributed by atoms with van der Waals surface area (Å²) in [5, 5.41) is 19.5. The van der Waals surface area contributed by atoms with Crippen molar-refractivity contribution < 1.29 is 9.50 Å². The first kappa shape index (κ1) is 23.5. The van der Waals surface area contributed by atoms with Gasteiger partial charge in [0.2, 0.25) is 0 Å². The predicted molar refractivity (Wildman–Crippen MR) is 151 cm³/mol. The number of rotatable bonds is 5. The number of nitrogens with one attached hydrogen (secondary N) is 2. The second-order valence-electron chi connectivity index (χ2n) is 10.3. The smallest absolute Gasteiger partial charge is 0.127 e. The van der Waals surface area contributed by atoms with Gasteiger partial charge in [0.1, 0.15) is 17.3 Å². The van der Waals surface area contributed by atoms with Crippen molar-refractivity contribution in [3.63, 3.8) is 0 Å². The first-order valence-electron chi connectivity index (χ1n) is 13.2. The molecule has 8 heteroatoms. The summed E-state index contributed by atoms with van der Waals surface area (Å²) in [5.74, 6) is -0.587. The molecule has 0 bridgehead atoms. The Kier molecular flexibility index (Phi) is 5.82. The second-order valence-corrected chi connectivity index (χ2v) is 10.3. The van der Waals surface area contributed by atoms with Crippen molar-refractivity contribution >= 4 is 21.8 Å². The Morgan fingerprint density at radius 1 is 0.872 bits per heavy atom. The largest absolute Gasteiger partial charge is 0.508 e. The number of phenols is 1. The highest BCUT2D eigenvalue weighted by Crippen LogP contribution is 2.36. The van der Waals surface area contributed by atoms with Gasteiger partial charge in [-0.1, -0.05) is 18.6 Å². The first-order valence-corrected chi connectivity index (χ1v) is 13.2. The van der Waals surface area contributed by atoms with E-state index in [1.165, 1.54) is 30.9 Å². The SMILES string of the molecule is Oc1cc(F)cc(-c2cccc3[nH]c(-c4n[nH]c5cnc(-c6cncc(CN7CCCCC7)c6)cc45)cc23)c1. The number of pyridine rings is 2. The lowest BCUT2D eigenvalue weighted by molar-refractivity contribution is 0.220. The van der Waals surface area contributed by atoms with E-state index in [-0.39, 0.29) is 5.75 Å². The third-order valence-electron chi connectivity index (χ3n) is 7.51. The maximum atomic E-state index is 14.0. The van der Waals surface area contributed by atoms with Gasteiger partial charge in [-0.3, -0.25) is 20.0 Å². The van der Waals surface area contributed by atoms with E-state index in [2.05, 4.69) is 31.1 Å². The number of aromatic amines is 2. The van der Waals surface area contributed by atoms with Crippen LogP contribution in [0.2, 0.25) is 0 Å². The molecule has 1 saturated heterocycles. The Morgan fingerprint density at radius 3 is 2.64 bits per heavy atom. The zero-order chi connectivity index (χ0) is 26.3. The Balaban J connectivity index is 1.26. The fraction of sp³-hybridized carbons (Fsp3) is 0.194. The molecule has 5 heterocycles. The van der Waals surface area contributed by atoms with E-state index in [4.69, 9.17) is 4.98 Å². The molecule has 1 fully saturated rings. The fourth-order valence-electron chi connectivity index (χ4n) is 5.63. The van der Waals surface area contributed by atoms with Gasteiger partial charge in [0.15, 0.2) is 0 Å². The number of benzene rings is 2. The van der Waals surface area contributed by atoms with E-state index in [9.17, 15) is 9.50 Å². The molecule has 0 aliphatic carbocycles. The fourth-order valence-corrected chi connectivity index (χ4v) is 5.63. The zero-order valence-electron chi connectivity index (χ0n) is 21.3. The highest BCUT2D eigenvalue weighted by Gasteiger charge is 2.16. The average Bonchev–Trinajstić information content (AvgIpc) is 3.57. The summed E-state index contributed by atoms with van der Waals surface area (Å²) in [6, 6.07) is 16.2. The van der Waals surface area contributed by atoms with Crippen LogP contribution in [0.15, 0.2) is 73.2 Å². The molecule has 39 heavy (non-hydrogen) atoms. The van der Waals surface area contributed by atoms with Crippen molar-refractivity contribution in [3.8, 4) is 39.5 Å². The van der Waals surface area contributed by atoms with Crippen LogP contribution in [0.1, 0.15) is 24.8 Å². The molecule has 1 aliphatic rings. The third kappa shape index (κ3) is 4.53. The first-order chi connectivity index (χ1) is 19.1. The van der Waals surface area contributed by atoms with Crippen molar-refractivity contribution in [3.05, 3.63) is 84.6 Å². The Hall–Kier alpha value is -4.56. The molecular formula is C31H27FN6O. The minimum Gasteiger partial charge on any atom is -0.508 e. The Bertz CT molecular complexity index is 1800. The van der Waals surface area contributed by atoms with Crippen molar-refractivity contribution in [2.45, 2.75) is 25.8 Å². The summed E-state index contributed by atoms with van der Waals surface area (Å²) >= 11 is 0. The van der Waals surface area contributed by atoms with Gasteiger partial charge in [0.25, 0.3) is 0 Å². The summed E-state index contributed by atoms with van der Waals surface area (Å²) in [6.07, 6.45) is 9.45. The molecule has 7 rings (SSSR count). The molecular weight excluding hydrogens is 491 g/mol. The summed E-state index contributed by atoms with van der Waals surface area (Å²) in [7, 11) is 0. The Labute approximate surface area is 224 Å². The number of phenolic OH excluding ortho intramolecular Hbond substituents is 1. The van der Waals surface area contributed by atoms with E-state index in [1.807, 2.05) is 48.9 Å². The van der Waals surface area contributed by atoms with Crippen LogP contribution in [0.4, 0.5) is 4.39 Å². The molecule has 0 spiro atoms. The molecule has 3 N–H and O–H groups in total. The summed E-state index contributed by atoms with van der Waals surface area (Å²) in [6.45, 7) is 3.18. The Morgan fingerprint density at radius 2 is 1.77 bits per heavy atom. The van der Waals surface area contributed by atoms with E-state index >= 15 is 0 Å². The molecule has 0 unspecified atom stereocenters. The molecule has 0 saturated carbocycles. The minimum absolute atomic E-state index is 0.106. The van der Waals surface area contributed by atoms with E-state index in [0.29, 0.717) is 5.56 Å². The van der Waals surface area contributed by atoms with E-state index < -0.39 is 5.82 Å². The van der Waals surface area contributed by atoms with E-state index in [1.54, 1.807) is 6.07 Å². The van der Waals surface area contributed by atoms with Crippen LogP contribution in [0, 0.1) is 5.82 Å². The van der Waals surface area contributed by atoms with Crippen LogP contribution in [0.3, 0.4) is 0 Å². The molecule has 7 nitrogen and oxygen atoms in total. The number of piperidine rings is 1. The molecule has 1 aliphatic heterocycles. The van der Waals surface area contributed by atoms with Gasteiger partial charge in [-0.2, -0.15) is 5.10 Å². The van der Waals surface area contributed by atoms with Crippen LogP contribution in [-0.4, -0.2) is 48.2 Å². The third-order valence-corrected chi connectivity index (χ3v) is 7.51. The van der Waals surface area contributed by atoms with Crippen molar-refractivity contribution in [2.75, 3.05) is 13.1 Å². The number of nitrogens with zero attached hydrogens (tertiary/aromatic N) is 4. The topological polar surface area (TPSA) is 93.7 Å². The summed E-state index contributed by atoms with van der Waals surface area (Å²) in [5.41, 5.74) is 7.77. The van der Waals surface area contributed by atoms with Gasteiger partial charge in [-0.25, -0.2) is 4.39 Å². The summed E-state index contributed by atoms with van der Waals surface area (Å²) < 4.78 is 14.0. The molecule has 4 aromatic heterocycles. The number of H-pyrrole nitrogens is 2. The van der Waals surface area contributed by atoms with Crippen LogP contribution in [0.5, 0.6) is 5.75 Å². The number of hydrogen-bond acceptors (Lipinski definition) is 5. The van der Waals surface area contributed by atoms with Gasteiger partial charge in [-0.05, 0) is 79.0 Å².